The Kier molecular flexibility index (Phi) is 2.40. The predicted octanol–water partition coefficient (Wildman–Crippen LogP) is 2.46. The van der Waals surface area contributed by atoms with Gasteiger partial charge in [-0.2, -0.15) is 13.2 Å². The molecule has 0 radical (unpaired) electrons. The molecule has 0 aromatic carbocycles. The van der Waals surface area contributed by atoms with Gasteiger partial charge in [0.25, 0.3) is 5.92 Å². The summed E-state index contributed by atoms with van der Waals surface area (Å²) in [7, 11) is 0. The highest BCUT2D eigenvalue weighted by molar-refractivity contribution is 5.87. The molecule has 1 aromatic heterocycles. The number of nitrogens with zero attached hydrogens (tertiary/aromatic N) is 1. The van der Waals surface area contributed by atoms with Crippen LogP contribution in [-0.4, -0.2) is 22.0 Å². The van der Waals surface area contributed by atoms with Gasteiger partial charge in [0.15, 0.2) is 5.41 Å². The van der Waals surface area contributed by atoms with Gasteiger partial charge in [0.1, 0.15) is 0 Å². The Labute approximate surface area is 97.3 Å². The van der Waals surface area contributed by atoms with E-state index in [1.54, 1.807) is 0 Å². The van der Waals surface area contributed by atoms with E-state index >= 15 is 0 Å². The number of carboxylic acid groups (broad SMARTS) is 1. The monoisotopic (exact) mass is 267 g/mol. The standard InChI is InChI=1S/C10H6F5NO2/c11-9(12)4-8(9,7(17)18)6-5(10(13,14)15)2-1-3-16-6/h1-3H,4H2,(H,17,18). The maximum absolute atomic E-state index is 13.2. The molecule has 0 amide bonds. The van der Waals surface area contributed by atoms with E-state index in [-0.39, 0.29) is 0 Å². The van der Waals surface area contributed by atoms with Crippen LogP contribution >= 0.6 is 0 Å². The van der Waals surface area contributed by atoms with E-state index in [4.69, 9.17) is 5.11 Å². The molecule has 1 unspecified atom stereocenters. The van der Waals surface area contributed by atoms with Crippen LogP contribution in [0.15, 0.2) is 18.3 Å². The Balaban J connectivity index is 2.63. The molecule has 1 N–H and O–H groups in total. The minimum atomic E-state index is -4.93. The summed E-state index contributed by atoms with van der Waals surface area (Å²) in [6, 6.07) is 1.46. The van der Waals surface area contributed by atoms with Gasteiger partial charge in [-0.25, -0.2) is 8.78 Å². The van der Waals surface area contributed by atoms with Crippen molar-refractivity contribution in [2.45, 2.75) is 23.9 Å². The van der Waals surface area contributed by atoms with Crippen LogP contribution in [0.4, 0.5) is 22.0 Å². The Morgan fingerprint density at radius 1 is 1.39 bits per heavy atom. The molecule has 1 aliphatic rings. The van der Waals surface area contributed by atoms with E-state index in [1.165, 1.54) is 0 Å². The summed E-state index contributed by atoms with van der Waals surface area (Å²) in [5.74, 6) is -5.72. The summed E-state index contributed by atoms with van der Waals surface area (Å²) in [5, 5.41) is 8.80. The van der Waals surface area contributed by atoms with E-state index < -0.39 is 41.2 Å². The van der Waals surface area contributed by atoms with Gasteiger partial charge in [0.05, 0.1) is 11.3 Å². The van der Waals surface area contributed by atoms with Crippen LogP contribution in [-0.2, 0) is 16.4 Å². The number of pyridine rings is 1. The average Bonchev–Trinajstić information content (AvgIpc) is 2.82. The predicted molar refractivity (Wildman–Crippen MR) is 48.1 cm³/mol. The minimum Gasteiger partial charge on any atom is -0.480 e. The molecule has 0 spiro atoms. The van der Waals surface area contributed by atoms with E-state index in [0.717, 1.165) is 12.3 Å². The zero-order valence-electron chi connectivity index (χ0n) is 8.63. The number of carbonyl (C=O) groups is 1. The van der Waals surface area contributed by atoms with Crippen molar-refractivity contribution in [1.29, 1.82) is 0 Å². The van der Waals surface area contributed by atoms with Gasteiger partial charge >= 0.3 is 12.1 Å². The first kappa shape index (κ1) is 12.7. The zero-order valence-corrected chi connectivity index (χ0v) is 8.63. The summed E-state index contributed by atoms with van der Waals surface area (Å²) < 4.78 is 64.3. The number of halogens is 5. The number of hydrogen-bond acceptors (Lipinski definition) is 2. The van der Waals surface area contributed by atoms with E-state index in [0.29, 0.717) is 6.07 Å². The van der Waals surface area contributed by atoms with Crippen molar-refractivity contribution in [2.75, 3.05) is 0 Å². The van der Waals surface area contributed by atoms with Crippen LogP contribution < -0.4 is 0 Å². The number of rotatable bonds is 2. The molecule has 3 nitrogen and oxygen atoms in total. The lowest BCUT2D eigenvalue weighted by molar-refractivity contribution is -0.145. The van der Waals surface area contributed by atoms with Crippen molar-refractivity contribution in [2.24, 2.45) is 0 Å². The fourth-order valence-electron chi connectivity index (χ4n) is 1.85. The number of carboxylic acids is 1. The first-order valence-corrected chi connectivity index (χ1v) is 4.77. The first-order valence-electron chi connectivity index (χ1n) is 4.77. The highest BCUT2D eigenvalue weighted by Crippen LogP contribution is 2.62. The molecule has 0 bridgehead atoms. The van der Waals surface area contributed by atoms with E-state index in [9.17, 15) is 26.7 Å². The maximum Gasteiger partial charge on any atom is 0.418 e. The second kappa shape index (κ2) is 3.39. The Morgan fingerprint density at radius 2 is 1.94 bits per heavy atom. The molecule has 1 heterocycles. The molecule has 1 aromatic rings. The van der Waals surface area contributed by atoms with Gasteiger partial charge in [0.2, 0.25) is 0 Å². The molecule has 8 heteroatoms. The summed E-state index contributed by atoms with van der Waals surface area (Å²) in [4.78, 5) is 14.1. The lowest BCUT2D eigenvalue weighted by Gasteiger charge is -2.16. The number of aliphatic carboxylic acids is 1. The average molecular weight is 267 g/mol. The van der Waals surface area contributed by atoms with Crippen LogP contribution in [0.3, 0.4) is 0 Å². The summed E-state index contributed by atoms with van der Waals surface area (Å²) >= 11 is 0. The molecular formula is C10H6F5NO2. The Hall–Kier alpha value is -1.73. The van der Waals surface area contributed by atoms with Crippen LogP contribution in [0, 0.1) is 0 Å². The smallest absolute Gasteiger partial charge is 0.418 e. The second-order valence-electron chi connectivity index (χ2n) is 3.99. The summed E-state index contributed by atoms with van der Waals surface area (Å²) in [6.45, 7) is 0. The minimum absolute atomic E-state index is 0.543. The molecule has 1 atom stereocenters. The van der Waals surface area contributed by atoms with Crippen molar-refractivity contribution in [3.05, 3.63) is 29.6 Å². The molecule has 0 aliphatic heterocycles. The van der Waals surface area contributed by atoms with Gasteiger partial charge in [-0.1, -0.05) is 0 Å². The molecule has 98 valence electrons. The van der Waals surface area contributed by atoms with Gasteiger partial charge in [-0.15, -0.1) is 0 Å². The Bertz CT molecular complexity index is 513. The van der Waals surface area contributed by atoms with Crippen molar-refractivity contribution >= 4 is 5.97 Å². The highest BCUT2D eigenvalue weighted by atomic mass is 19.4. The molecule has 1 fully saturated rings. The summed E-state index contributed by atoms with van der Waals surface area (Å²) in [6.07, 6.45) is -5.23. The van der Waals surface area contributed by atoms with Gasteiger partial charge < -0.3 is 5.11 Å². The summed E-state index contributed by atoms with van der Waals surface area (Å²) in [5.41, 5.74) is -5.43. The Morgan fingerprint density at radius 3 is 2.33 bits per heavy atom. The van der Waals surface area contributed by atoms with Crippen LogP contribution in [0.2, 0.25) is 0 Å². The third-order valence-corrected chi connectivity index (χ3v) is 2.87. The van der Waals surface area contributed by atoms with Crippen LogP contribution in [0.5, 0.6) is 0 Å². The molecular weight excluding hydrogens is 261 g/mol. The molecule has 0 saturated heterocycles. The molecule has 2 rings (SSSR count). The van der Waals surface area contributed by atoms with Crippen molar-refractivity contribution in [3.8, 4) is 0 Å². The van der Waals surface area contributed by atoms with E-state index in [1.807, 2.05) is 0 Å². The number of aromatic nitrogens is 1. The van der Waals surface area contributed by atoms with Crippen molar-refractivity contribution < 1.29 is 31.9 Å². The lowest BCUT2D eigenvalue weighted by Crippen LogP contribution is -2.31. The van der Waals surface area contributed by atoms with Crippen LogP contribution in [0.1, 0.15) is 17.7 Å². The molecule has 18 heavy (non-hydrogen) atoms. The number of hydrogen-bond donors (Lipinski definition) is 1. The van der Waals surface area contributed by atoms with Gasteiger partial charge in [0, 0.05) is 12.6 Å². The van der Waals surface area contributed by atoms with Gasteiger partial charge in [-0.3, -0.25) is 9.78 Å². The van der Waals surface area contributed by atoms with Crippen molar-refractivity contribution in [1.82, 2.24) is 4.98 Å². The number of alkyl halides is 5. The fraction of sp³-hybridized carbons (Fsp3) is 0.400. The largest absolute Gasteiger partial charge is 0.480 e. The van der Waals surface area contributed by atoms with E-state index in [2.05, 4.69) is 4.98 Å². The second-order valence-corrected chi connectivity index (χ2v) is 3.99. The SMILES string of the molecule is O=C(O)C1(c2ncccc2C(F)(F)F)CC1(F)F. The van der Waals surface area contributed by atoms with Crippen molar-refractivity contribution in [3.63, 3.8) is 0 Å². The maximum atomic E-state index is 13.2. The topological polar surface area (TPSA) is 50.2 Å². The zero-order chi connectivity index (χ0) is 13.8. The molecule has 1 saturated carbocycles. The fourth-order valence-corrected chi connectivity index (χ4v) is 1.85. The molecule has 1 aliphatic carbocycles. The quantitative estimate of drug-likeness (QED) is 0.837. The van der Waals surface area contributed by atoms with Gasteiger partial charge in [-0.05, 0) is 12.1 Å². The first-order chi connectivity index (χ1) is 8.13. The third-order valence-electron chi connectivity index (χ3n) is 2.87. The normalized spacial score (nSPS) is 25.8. The third kappa shape index (κ3) is 1.55. The van der Waals surface area contributed by atoms with Crippen LogP contribution in [0.25, 0.3) is 0 Å². The lowest BCUT2D eigenvalue weighted by atomic mass is 9.96. The highest BCUT2D eigenvalue weighted by Gasteiger charge is 2.79.